The Kier molecular flexibility index (Phi) is 3.98. The summed E-state index contributed by atoms with van der Waals surface area (Å²) in [6.45, 7) is 5.57. The second kappa shape index (κ2) is 5.87. The van der Waals surface area contributed by atoms with Crippen LogP contribution in [0.4, 0.5) is 5.69 Å². The highest BCUT2D eigenvalue weighted by Crippen LogP contribution is 2.19. The van der Waals surface area contributed by atoms with E-state index in [-0.39, 0.29) is 11.7 Å². The molecule has 0 fully saturated rings. The molecule has 0 aliphatic heterocycles. The summed E-state index contributed by atoms with van der Waals surface area (Å²) >= 11 is 0. The molecule has 0 aromatic heterocycles. The number of hydrogen-bond donors (Lipinski definition) is 1. The van der Waals surface area contributed by atoms with Crippen molar-refractivity contribution in [3.05, 3.63) is 72.5 Å². The number of benzene rings is 2. The fourth-order valence-corrected chi connectivity index (χ4v) is 1.57. The Bertz CT molecular complexity index is 591. The van der Waals surface area contributed by atoms with E-state index in [1.54, 1.807) is 18.2 Å². The predicted molar refractivity (Wildman–Crippen MR) is 76.0 cm³/mol. The fourth-order valence-electron chi connectivity index (χ4n) is 1.57. The lowest BCUT2D eigenvalue weighted by atomic mass is 10.2. The second-order valence-electron chi connectivity index (χ2n) is 4.11. The zero-order chi connectivity index (χ0) is 13.7. The molecule has 96 valence electrons. The maximum absolute atomic E-state index is 11.9. The highest BCUT2D eigenvalue weighted by Gasteiger charge is 2.10. The summed E-state index contributed by atoms with van der Waals surface area (Å²) < 4.78 is 5.47. The molecule has 0 heterocycles. The Morgan fingerprint density at radius 3 is 2.37 bits per heavy atom. The highest BCUT2D eigenvalue weighted by atomic mass is 16.5. The molecule has 3 heteroatoms. The molecule has 0 saturated carbocycles. The van der Waals surface area contributed by atoms with Gasteiger partial charge in [-0.3, -0.25) is 4.79 Å². The number of hydrogen-bond acceptors (Lipinski definition) is 2. The van der Waals surface area contributed by atoms with Crippen LogP contribution >= 0.6 is 0 Å². The van der Waals surface area contributed by atoms with Crippen LogP contribution in [0.25, 0.3) is 0 Å². The van der Waals surface area contributed by atoms with Gasteiger partial charge in [-0.15, -0.1) is 0 Å². The molecule has 2 rings (SSSR count). The predicted octanol–water partition coefficient (Wildman–Crippen LogP) is 3.53. The van der Waals surface area contributed by atoms with Gasteiger partial charge in [0.05, 0.1) is 0 Å². The zero-order valence-electron chi connectivity index (χ0n) is 10.7. The van der Waals surface area contributed by atoms with Gasteiger partial charge in [-0.2, -0.15) is 0 Å². The molecule has 0 bridgehead atoms. The van der Waals surface area contributed by atoms with E-state index in [0.717, 1.165) is 5.56 Å². The largest absolute Gasteiger partial charge is 0.452 e. The van der Waals surface area contributed by atoms with Crippen molar-refractivity contribution in [1.29, 1.82) is 0 Å². The average molecular weight is 253 g/mol. The number of amides is 1. The highest BCUT2D eigenvalue weighted by molar-refractivity contribution is 6.02. The van der Waals surface area contributed by atoms with Crippen molar-refractivity contribution in [2.75, 3.05) is 5.32 Å². The Morgan fingerprint density at radius 2 is 1.68 bits per heavy atom. The number of nitrogens with one attached hydrogen (secondary N) is 1. The van der Waals surface area contributed by atoms with Gasteiger partial charge in [0.15, 0.2) is 5.76 Å². The molecule has 0 radical (unpaired) electrons. The van der Waals surface area contributed by atoms with Crippen LogP contribution in [0.1, 0.15) is 5.56 Å². The molecule has 1 N–H and O–H groups in total. The first-order valence-electron chi connectivity index (χ1n) is 5.95. The van der Waals surface area contributed by atoms with E-state index in [0.29, 0.717) is 11.4 Å². The first-order valence-corrected chi connectivity index (χ1v) is 5.95. The van der Waals surface area contributed by atoms with Crippen LogP contribution < -0.4 is 10.1 Å². The average Bonchev–Trinajstić information content (AvgIpc) is 2.42. The van der Waals surface area contributed by atoms with Crippen molar-refractivity contribution < 1.29 is 9.53 Å². The molecule has 3 nitrogen and oxygen atoms in total. The third-order valence-electron chi connectivity index (χ3n) is 2.61. The lowest BCUT2D eigenvalue weighted by molar-refractivity contribution is -0.114. The SMILES string of the molecule is C=C(Oc1ccccc1C)C(=O)Nc1ccccc1. The maximum atomic E-state index is 11.9. The summed E-state index contributed by atoms with van der Waals surface area (Å²) in [4.78, 5) is 11.9. The van der Waals surface area contributed by atoms with Crippen LogP contribution in [0, 0.1) is 6.92 Å². The van der Waals surface area contributed by atoms with Crippen LogP contribution in [-0.2, 0) is 4.79 Å². The van der Waals surface area contributed by atoms with Gasteiger partial charge in [0, 0.05) is 5.69 Å². The van der Waals surface area contributed by atoms with Crippen molar-refractivity contribution in [2.24, 2.45) is 0 Å². The molecule has 0 aliphatic rings. The lowest BCUT2D eigenvalue weighted by Gasteiger charge is -2.11. The van der Waals surface area contributed by atoms with Gasteiger partial charge in [-0.25, -0.2) is 0 Å². The van der Waals surface area contributed by atoms with E-state index >= 15 is 0 Å². The Labute approximate surface area is 112 Å². The Balaban J connectivity index is 2.01. The van der Waals surface area contributed by atoms with Gasteiger partial charge in [0.25, 0.3) is 5.91 Å². The monoisotopic (exact) mass is 253 g/mol. The smallest absolute Gasteiger partial charge is 0.290 e. The van der Waals surface area contributed by atoms with E-state index in [1.807, 2.05) is 43.3 Å². The van der Waals surface area contributed by atoms with Gasteiger partial charge < -0.3 is 10.1 Å². The normalized spacial score (nSPS) is 9.74. The van der Waals surface area contributed by atoms with Gasteiger partial charge in [-0.05, 0) is 30.7 Å². The van der Waals surface area contributed by atoms with Gasteiger partial charge in [0.1, 0.15) is 5.75 Å². The summed E-state index contributed by atoms with van der Waals surface area (Å²) in [5.74, 6) is 0.350. The maximum Gasteiger partial charge on any atom is 0.290 e. The third-order valence-corrected chi connectivity index (χ3v) is 2.61. The number of aryl methyl sites for hydroxylation is 1. The third kappa shape index (κ3) is 3.45. The summed E-state index contributed by atoms with van der Waals surface area (Å²) in [6, 6.07) is 16.7. The number of rotatable bonds is 4. The van der Waals surface area contributed by atoms with E-state index in [9.17, 15) is 4.79 Å². The van der Waals surface area contributed by atoms with Crippen LogP contribution in [0.15, 0.2) is 66.9 Å². The number of anilines is 1. The molecule has 2 aromatic rings. The molecular weight excluding hydrogens is 238 g/mol. The quantitative estimate of drug-likeness (QED) is 0.668. The molecule has 0 saturated heterocycles. The van der Waals surface area contributed by atoms with Crippen molar-refractivity contribution in [3.8, 4) is 5.75 Å². The van der Waals surface area contributed by atoms with Gasteiger partial charge in [0.2, 0.25) is 0 Å². The number of carbonyl (C=O) groups excluding carboxylic acids is 1. The fraction of sp³-hybridized carbons (Fsp3) is 0.0625. The minimum absolute atomic E-state index is 0.0677. The summed E-state index contributed by atoms with van der Waals surface area (Å²) in [7, 11) is 0. The minimum atomic E-state index is -0.352. The molecule has 0 aliphatic carbocycles. The zero-order valence-corrected chi connectivity index (χ0v) is 10.7. The first kappa shape index (κ1) is 12.9. The van der Waals surface area contributed by atoms with Crippen molar-refractivity contribution in [3.63, 3.8) is 0 Å². The minimum Gasteiger partial charge on any atom is -0.452 e. The van der Waals surface area contributed by atoms with E-state index in [2.05, 4.69) is 11.9 Å². The first-order chi connectivity index (χ1) is 9.16. The van der Waals surface area contributed by atoms with E-state index in [1.165, 1.54) is 0 Å². The van der Waals surface area contributed by atoms with Crippen LogP contribution in [-0.4, -0.2) is 5.91 Å². The van der Waals surface area contributed by atoms with Crippen molar-refractivity contribution >= 4 is 11.6 Å². The molecule has 0 atom stereocenters. The number of para-hydroxylation sites is 2. The molecule has 2 aromatic carbocycles. The van der Waals surface area contributed by atoms with Crippen LogP contribution in [0.2, 0.25) is 0 Å². The number of ether oxygens (including phenoxy) is 1. The standard InChI is InChI=1S/C16H15NO2/c1-12-8-6-7-11-15(12)19-13(2)16(18)17-14-9-4-3-5-10-14/h3-11H,2H2,1H3,(H,17,18). The number of carbonyl (C=O) groups is 1. The summed E-state index contributed by atoms with van der Waals surface area (Å²) in [6.07, 6.45) is 0. The van der Waals surface area contributed by atoms with Gasteiger partial charge >= 0.3 is 0 Å². The topological polar surface area (TPSA) is 38.3 Å². The van der Waals surface area contributed by atoms with E-state index in [4.69, 9.17) is 4.74 Å². The molecule has 1 amide bonds. The van der Waals surface area contributed by atoms with Gasteiger partial charge in [-0.1, -0.05) is 43.0 Å². The summed E-state index contributed by atoms with van der Waals surface area (Å²) in [5.41, 5.74) is 1.66. The molecule has 0 spiro atoms. The Hall–Kier alpha value is -2.55. The molecule has 19 heavy (non-hydrogen) atoms. The van der Waals surface area contributed by atoms with Crippen LogP contribution in [0.3, 0.4) is 0 Å². The van der Waals surface area contributed by atoms with Crippen molar-refractivity contribution in [1.82, 2.24) is 0 Å². The second-order valence-corrected chi connectivity index (χ2v) is 4.11. The molecular formula is C16H15NO2. The van der Waals surface area contributed by atoms with E-state index < -0.39 is 0 Å². The summed E-state index contributed by atoms with van der Waals surface area (Å²) in [5, 5.41) is 2.72. The Morgan fingerprint density at radius 1 is 1.05 bits per heavy atom. The molecule has 0 unspecified atom stereocenters. The van der Waals surface area contributed by atoms with Crippen molar-refractivity contribution in [2.45, 2.75) is 6.92 Å². The lowest BCUT2D eigenvalue weighted by Crippen LogP contribution is -2.17. The van der Waals surface area contributed by atoms with Crippen LogP contribution in [0.5, 0.6) is 5.75 Å².